The molecule has 2 heterocycles. The summed E-state index contributed by atoms with van der Waals surface area (Å²) in [6.45, 7) is 1.54. The third kappa shape index (κ3) is 1.88. The first-order chi connectivity index (χ1) is 7.59. The minimum atomic E-state index is -1.14. The number of likely N-dealkylation sites (N-methyl/N-ethyl adjacent to an activating group) is 1. The monoisotopic (exact) mass is 225 g/mol. The van der Waals surface area contributed by atoms with E-state index < -0.39 is 5.97 Å². The number of aromatic nitrogens is 2. The second kappa shape index (κ2) is 4.13. The van der Waals surface area contributed by atoms with E-state index in [1.165, 1.54) is 10.9 Å². The highest BCUT2D eigenvalue weighted by molar-refractivity contribution is 5.88. The predicted octanol–water partition coefficient (Wildman–Crippen LogP) is 0.381. The van der Waals surface area contributed by atoms with Crippen LogP contribution in [0.4, 0.5) is 0 Å². The number of aromatic hydroxyl groups is 1. The molecule has 1 aromatic heterocycles. The van der Waals surface area contributed by atoms with E-state index in [0.717, 1.165) is 19.4 Å². The van der Waals surface area contributed by atoms with Crippen molar-refractivity contribution in [3.05, 3.63) is 11.9 Å². The molecule has 0 aromatic carbocycles. The molecular formula is C10H15N3O3. The zero-order valence-corrected chi connectivity index (χ0v) is 9.13. The van der Waals surface area contributed by atoms with E-state index in [1.807, 2.05) is 7.05 Å². The molecule has 1 aliphatic heterocycles. The largest absolute Gasteiger partial charge is 0.504 e. The fourth-order valence-electron chi connectivity index (χ4n) is 2.14. The van der Waals surface area contributed by atoms with Gasteiger partial charge >= 0.3 is 5.97 Å². The molecule has 1 aromatic rings. The van der Waals surface area contributed by atoms with Crippen molar-refractivity contribution in [2.24, 2.45) is 0 Å². The lowest BCUT2D eigenvalue weighted by atomic mass is 10.2. The molecule has 2 rings (SSSR count). The zero-order valence-electron chi connectivity index (χ0n) is 9.13. The summed E-state index contributed by atoms with van der Waals surface area (Å²) >= 11 is 0. The number of likely N-dealkylation sites (tertiary alicyclic amines) is 1. The minimum absolute atomic E-state index is 0.125. The van der Waals surface area contributed by atoms with E-state index in [2.05, 4.69) is 10.00 Å². The van der Waals surface area contributed by atoms with Crippen LogP contribution < -0.4 is 0 Å². The highest BCUT2D eigenvalue weighted by Crippen LogP contribution is 2.20. The summed E-state index contributed by atoms with van der Waals surface area (Å²) < 4.78 is 1.37. The third-order valence-corrected chi connectivity index (χ3v) is 3.08. The van der Waals surface area contributed by atoms with Gasteiger partial charge in [0.1, 0.15) is 0 Å². The molecule has 0 saturated carbocycles. The molecule has 6 nitrogen and oxygen atoms in total. The second-order valence-corrected chi connectivity index (χ2v) is 4.14. The Hall–Kier alpha value is -1.56. The van der Waals surface area contributed by atoms with Gasteiger partial charge in [0.05, 0.1) is 12.7 Å². The Bertz CT molecular complexity index is 402. The highest BCUT2D eigenvalue weighted by atomic mass is 16.4. The van der Waals surface area contributed by atoms with Crippen LogP contribution in [-0.2, 0) is 6.54 Å². The number of carbonyl (C=O) groups is 1. The normalized spacial score (nSPS) is 21.4. The van der Waals surface area contributed by atoms with Gasteiger partial charge in [-0.05, 0) is 26.4 Å². The van der Waals surface area contributed by atoms with Gasteiger partial charge in [-0.3, -0.25) is 4.68 Å². The summed E-state index contributed by atoms with van der Waals surface area (Å²) in [4.78, 5) is 13.1. The number of nitrogens with zero attached hydrogens (tertiary/aromatic N) is 3. The van der Waals surface area contributed by atoms with Gasteiger partial charge in [-0.1, -0.05) is 0 Å². The van der Waals surface area contributed by atoms with Gasteiger partial charge in [-0.25, -0.2) is 4.79 Å². The first kappa shape index (κ1) is 10.9. The van der Waals surface area contributed by atoms with Crippen molar-refractivity contribution in [3.63, 3.8) is 0 Å². The zero-order chi connectivity index (χ0) is 11.7. The molecule has 0 bridgehead atoms. The Labute approximate surface area is 93.1 Å². The van der Waals surface area contributed by atoms with Crippen molar-refractivity contribution >= 4 is 5.97 Å². The first-order valence-electron chi connectivity index (χ1n) is 5.28. The van der Waals surface area contributed by atoms with Crippen molar-refractivity contribution in [3.8, 4) is 5.75 Å². The predicted molar refractivity (Wildman–Crippen MR) is 56.5 cm³/mol. The van der Waals surface area contributed by atoms with E-state index in [1.54, 1.807) is 0 Å². The fraction of sp³-hybridized carbons (Fsp3) is 0.600. The van der Waals surface area contributed by atoms with Crippen molar-refractivity contribution < 1.29 is 15.0 Å². The Morgan fingerprint density at radius 3 is 3.00 bits per heavy atom. The summed E-state index contributed by atoms with van der Waals surface area (Å²) in [6.07, 6.45) is 3.34. The number of rotatable bonds is 3. The Morgan fingerprint density at radius 1 is 1.69 bits per heavy atom. The molecule has 1 fully saturated rings. The van der Waals surface area contributed by atoms with Crippen LogP contribution in [0.1, 0.15) is 23.3 Å². The maximum atomic E-state index is 10.9. The van der Waals surface area contributed by atoms with E-state index in [9.17, 15) is 9.90 Å². The summed E-state index contributed by atoms with van der Waals surface area (Å²) in [5.41, 5.74) is -0.125. The van der Waals surface area contributed by atoms with Crippen LogP contribution in [-0.4, -0.2) is 50.5 Å². The Morgan fingerprint density at radius 2 is 2.44 bits per heavy atom. The molecule has 1 aliphatic rings. The molecule has 6 heteroatoms. The van der Waals surface area contributed by atoms with Crippen LogP contribution >= 0.6 is 0 Å². The molecule has 0 radical (unpaired) electrons. The van der Waals surface area contributed by atoms with Gasteiger partial charge in [0.2, 0.25) is 0 Å². The summed E-state index contributed by atoms with van der Waals surface area (Å²) in [5.74, 6) is -1.41. The second-order valence-electron chi connectivity index (χ2n) is 4.14. The highest BCUT2D eigenvalue weighted by Gasteiger charge is 2.25. The number of aromatic carboxylic acids is 1. The number of carboxylic acid groups (broad SMARTS) is 1. The maximum Gasteiger partial charge on any atom is 0.358 e. The lowest BCUT2D eigenvalue weighted by Crippen LogP contribution is -2.30. The van der Waals surface area contributed by atoms with Crippen molar-refractivity contribution in [2.45, 2.75) is 25.4 Å². The standard InChI is InChI=1S/C10H15N3O3/c1-12-4-2-3-7(12)6-13-9(10(15)16)8(14)5-11-13/h5,7,14H,2-4,6H2,1H3,(H,15,16). The average Bonchev–Trinajstić information content (AvgIpc) is 2.75. The van der Waals surface area contributed by atoms with Gasteiger partial charge in [-0.15, -0.1) is 0 Å². The molecule has 1 saturated heterocycles. The quantitative estimate of drug-likeness (QED) is 0.777. The van der Waals surface area contributed by atoms with Crippen LogP contribution in [0.2, 0.25) is 0 Å². The lowest BCUT2D eigenvalue weighted by molar-refractivity contribution is 0.0677. The molecule has 1 atom stereocenters. The van der Waals surface area contributed by atoms with Crippen LogP contribution in [0.15, 0.2) is 6.20 Å². The fourth-order valence-corrected chi connectivity index (χ4v) is 2.14. The van der Waals surface area contributed by atoms with Crippen LogP contribution in [0.3, 0.4) is 0 Å². The third-order valence-electron chi connectivity index (χ3n) is 3.08. The van der Waals surface area contributed by atoms with Gasteiger partial charge in [0.15, 0.2) is 11.4 Å². The first-order valence-corrected chi connectivity index (χ1v) is 5.28. The molecule has 88 valence electrons. The number of carboxylic acids is 1. The minimum Gasteiger partial charge on any atom is -0.504 e. The van der Waals surface area contributed by atoms with Crippen molar-refractivity contribution in [1.82, 2.24) is 14.7 Å². The smallest absolute Gasteiger partial charge is 0.358 e. The van der Waals surface area contributed by atoms with Crippen LogP contribution in [0.5, 0.6) is 5.75 Å². The van der Waals surface area contributed by atoms with Crippen LogP contribution in [0.25, 0.3) is 0 Å². The maximum absolute atomic E-state index is 10.9. The van der Waals surface area contributed by atoms with Gasteiger partial charge < -0.3 is 15.1 Å². The van der Waals surface area contributed by atoms with E-state index in [-0.39, 0.29) is 11.4 Å². The number of hydrogen-bond acceptors (Lipinski definition) is 4. The van der Waals surface area contributed by atoms with Gasteiger partial charge in [-0.2, -0.15) is 5.10 Å². The average molecular weight is 225 g/mol. The summed E-state index contributed by atoms with van der Waals surface area (Å²) in [7, 11) is 2.02. The molecule has 16 heavy (non-hydrogen) atoms. The van der Waals surface area contributed by atoms with E-state index >= 15 is 0 Å². The molecule has 1 unspecified atom stereocenters. The van der Waals surface area contributed by atoms with Crippen molar-refractivity contribution in [1.29, 1.82) is 0 Å². The van der Waals surface area contributed by atoms with E-state index in [0.29, 0.717) is 12.6 Å². The SMILES string of the molecule is CN1CCCC1Cn1ncc(O)c1C(=O)O. The Kier molecular flexibility index (Phi) is 2.82. The van der Waals surface area contributed by atoms with Gasteiger partial charge in [0, 0.05) is 6.04 Å². The van der Waals surface area contributed by atoms with E-state index in [4.69, 9.17) is 5.11 Å². The molecule has 0 spiro atoms. The van der Waals surface area contributed by atoms with Crippen LogP contribution in [0, 0.1) is 0 Å². The number of hydrogen-bond donors (Lipinski definition) is 2. The summed E-state index contributed by atoms with van der Waals surface area (Å²) in [6, 6.07) is 0.303. The Balaban J connectivity index is 2.18. The molecule has 0 aliphatic carbocycles. The molecular weight excluding hydrogens is 210 g/mol. The lowest BCUT2D eigenvalue weighted by Gasteiger charge is -2.19. The van der Waals surface area contributed by atoms with Gasteiger partial charge in [0.25, 0.3) is 0 Å². The molecule has 0 amide bonds. The van der Waals surface area contributed by atoms with Crippen molar-refractivity contribution in [2.75, 3.05) is 13.6 Å². The molecule has 2 N–H and O–H groups in total. The summed E-state index contributed by atoms with van der Waals surface area (Å²) in [5, 5.41) is 22.2. The topological polar surface area (TPSA) is 78.6 Å².